The number of ketones is 4. The molecule has 41 heavy (non-hydrogen) atoms. The molecule has 10 nitrogen and oxygen atoms in total. The number of fused-ring (bicyclic) bond motifs is 3. The molecule has 6 rings (SSSR count). The van der Waals surface area contributed by atoms with Gasteiger partial charge in [0.1, 0.15) is 11.5 Å². The lowest BCUT2D eigenvalue weighted by atomic mass is 9.53. The Bertz CT molecular complexity index is 1510. The molecule has 1 aliphatic heterocycles. The number of rotatable bonds is 5. The van der Waals surface area contributed by atoms with Crippen LogP contribution >= 0.6 is 0 Å². The molecule has 3 fully saturated rings. The average molecular weight is 561 g/mol. The van der Waals surface area contributed by atoms with E-state index in [1.54, 1.807) is 13.2 Å². The van der Waals surface area contributed by atoms with Gasteiger partial charge in [-0.3, -0.25) is 28.9 Å². The molecule has 214 valence electrons. The zero-order valence-corrected chi connectivity index (χ0v) is 22.7. The van der Waals surface area contributed by atoms with Crippen molar-refractivity contribution in [3.63, 3.8) is 0 Å². The highest BCUT2D eigenvalue weighted by atomic mass is 16.5. The fourth-order valence-electron chi connectivity index (χ4n) is 7.48. The second-order valence-electron chi connectivity index (χ2n) is 11.7. The normalized spacial score (nSPS) is 29.6. The minimum atomic E-state index is -2.66. The number of methoxy groups -OCH3 is 1. The van der Waals surface area contributed by atoms with Gasteiger partial charge in [0.2, 0.25) is 5.91 Å². The maximum atomic E-state index is 13.9. The maximum absolute atomic E-state index is 13.9. The molecule has 0 bridgehead atoms. The van der Waals surface area contributed by atoms with E-state index in [1.165, 1.54) is 6.07 Å². The number of phenolic OH excluding ortho intramolecular Hbond substituents is 1. The van der Waals surface area contributed by atoms with Crippen LogP contribution in [0.2, 0.25) is 0 Å². The molecule has 0 radical (unpaired) electrons. The number of hydrogen-bond acceptors (Lipinski definition) is 9. The average Bonchev–Trinajstić information content (AvgIpc) is 3.44. The highest BCUT2D eigenvalue weighted by Crippen LogP contribution is 2.51. The molecular weight excluding hydrogens is 528 g/mol. The van der Waals surface area contributed by atoms with Crippen molar-refractivity contribution in [1.29, 1.82) is 0 Å². The highest BCUT2D eigenvalue weighted by molar-refractivity contribution is 6.31. The van der Waals surface area contributed by atoms with Gasteiger partial charge in [-0.05, 0) is 79.6 Å². The fourth-order valence-corrected chi connectivity index (χ4v) is 7.48. The number of nitrogens with two attached hydrogens (primary N) is 1. The standard InChI is InChI=1S/C31H32N2O8/c1-41-23-7-4-15(14-33-8-2-3-9-33)10-19(23)18-5-6-21(34)25-20(18)12-16-11-17-13-22(35)26(30(32)39)29(38)31(17,40)28(37)24(16)27(25)36/h4-7,10,16-17,24,26,34,40H,2-3,8-9,11-14H2,1H3,(H2,32,39)/t16-,17+,24?,26?,31+/m1/s1. The minimum absolute atomic E-state index is 0.0306. The third kappa shape index (κ3) is 4.11. The molecule has 4 aliphatic rings. The van der Waals surface area contributed by atoms with E-state index in [0.29, 0.717) is 16.9 Å². The minimum Gasteiger partial charge on any atom is -0.507 e. The number of ether oxygens (including phenoxy) is 1. The number of carbonyl (C=O) groups is 5. The summed E-state index contributed by atoms with van der Waals surface area (Å²) in [5.41, 5.74) is 5.61. The number of Topliss-reactive ketones (excluding diaryl/α,β-unsaturated/α-hetero) is 4. The number of phenols is 1. The first-order chi connectivity index (χ1) is 19.6. The van der Waals surface area contributed by atoms with E-state index in [4.69, 9.17) is 10.5 Å². The summed E-state index contributed by atoms with van der Waals surface area (Å²) in [6, 6.07) is 9.04. The summed E-state index contributed by atoms with van der Waals surface area (Å²) >= 11 is 0. The van der Waals surface area contributed by atoms with E-state index in [-0.39, 0.29) is 30.6 Å². The van der Waals surface area contributed by atoms with Gasteiger partial charge in [0.25, 0.3) is 0 Å². The van der Waals surface area contributed by atoms with Gasteiger partial charge in [0, 0.05) is 24.4 Å². The van der Waals surface area contributed by atoms with Crippen molar-refractivity contribution in [3.8, 4) is 22.6 Å². The number of aliphatic hydroxyl groups is 1. The van der Waals surface area contributed by atoms with E-state index in [0.717, 1.165) is 43.6 Å². The van der Waals surface area contributed by atoms with Crippen LogP contribution in [0.25, 0.3) is 11.1 Å². The molecule has 2 unspecified atom stereocenters. The van der Waals surface area contributed by atoms with Gasteiger partial charge < -0.3 is 20.7 Å². The van der Waals surface area contributed by atoms with Crippen molar-refractivity contribution in [2.75, 3.05) is 20.2 Å². The summed E-state index contributed by atoms with van der Waals surface area (Å²) in [4.78, 5) is 67.6. The number of carbonyl (C=O) groups excluding carboxylic acids is 5. The number of benzene rings is 2. The molecule has 10 heteroatoms. The van der Waals surface area contributed by atoms with Crippen LogP contribution in [-0.4, -0.2) is 70.0 Å². The van der Waals surface area contributed by atoms with Crippen molar-refractivity contribution in [2.24, 2.45) is 29.4 Å². The van der Waals surface area contributed by atoms with Gasteiger partial charge in [-0.15, -0.1) is 0 Å². The van der Waals surface area contributed by atoms with Gasteiger partial charge in [0.05, 0.1) is 18.6 Å². The maximum Gasteiger partial charge on any atom is 0.235 e. The molecule has 1 saturated heterocycles. The Kier molecular flexibility index (Phi) is 6.58. The lowest BCUT2D eigenvalue weighted by molar-refractivity contribution is -0.175. The molecular formula is C31H32N2O8. The summed E-state index contributed by atoms with van der Waals surface area (Å²) < 4.78 is 5.67. The zero-order valence-electron chi connectivity index (χ0n) is 22.7. The summed E-state index contributed by atoms with van der Waals surface area (Å²) in [5, 5.41) is 22.2. The van der Waals surface area contributed by atoms with Crippen LogP contribution in [0.1, 0.15) is 47.2 Å². The van der Waals surface area contributed by atoms with Gasteiger partial charge in [-0.2, -0.15) is 0 Å². The van der Waals surface area contributed by atoms with Crippen LogP contribution in [-0.2, 0) is 32.1 Å². The van der Waals surface area contributed by atoms with Crippen LogP contribution in [0.15, 0.2) is 30.3 Å². The molecule has 1 heterocycles. The number of amides is 1. The molecule has 0 spiro atoms. The SMILES string of the molecule is COc1ccc(CN2CCCC2)cc1-c1ccc(O)c2c1C[C@H]1C[C@H]3CC(=O)C(C(N)=O)C(=O)[C@@]3(O)C(=O)C1C2=O. The zero-order chi connectivity index (χ0) is 29.2. The summed E-state index contributed by atoms with van der Waals surface area (Å²) in [6.07, 6.45) is 2.20. The summed E-state index contributed by atoms with van der Waals surface area (Å²) in [5.74, 6) is -9.68. The topological polar surface area (TPSA) is 164 Å². The Morgan fingerprint density at radius 3 is 2.46 bits per heavy atom. The van der Waals surface area contributed by atoms with Gasteiger partial charge >= 0.3 is 0 Å². The Labute approximate surface area is 236 Å². The lowest BCUT2D eigenvalue weighted by Gasteiger charge is -2.48. The number of likely N-dealkylation sites (tertiary alicyclic amines) is 1. The first kappa shape index (κ1) is 27.3. The third-order valence-electron chi connectivity index (χ3n) is 9.44. The van der Waals surface area contributed by atoms with Gasteiger partial charge in [-0.1, -0.05) is 12.1 Å². The molecule has 2 aromatic rings. The van der Waals surface area contributed by atoms with E-state index < -0.39 is 58.3 Å². The Balaban J connectivity index is 1.42. The van der Waals surface area contributed by atoms with Crippen molar-refractivity contribution in [2.45, 2.75) is 44.2 Å². The van der Waals surface area contributed by atoms with Crippen LogP contribution in [0, 0.1) is 23.7 Å². The molecule has 3 aliphatic carbocycles. The summed E-state index contributed by atoms with van der Waals surface area (Å²) in [7, 11) is 1.56. The van der Waals surface area contributed by atoms with Gasteiger partial charge in [-0.25, -0.2) is 0 Å². The fraction of sp³-hybridized carbons (Fsp3) is 0.452. The molecule has 4 N–H and O–H groups in total. The lowest BCUT2D eigenvalue weighted by Crippen LogP contribution is -2.68. The van der Waals surface area contributed by atoms with E-state index in [2.05, 4.69) is 4.90 Å². The smallest absolute Gasteiger partial charge is 0.235 e. The predicted octanol–water partition coefficient (Wildman–Crippen LogP) is 1.60. The van der Waals surface area contributed by atoms with Crippen molar-refractivity contribution in [1.82, 2.24) is 4.90 Å². The predicted molar refractivity (Wildman–Crippen MR) is 145 cm³/mol. The molecule has 5 atom stereocenters. The summed E-state index contributed by atoms with van der Waals surface area (Å²) in [6.45, 7) is 2.82. The van der Waals surface area contributed by atoms with Gasteiger partial charge in [0.15, 0.2) is 34.7 Å². The Hall–Kier alpha value is -3.89. The molecule has 1 amide bonds. The van der Waals surface area contributed by atoms with Crippen molar-refractivity contribution >= 4 is 29.0 Å². The Morgan fingerprint density at radius 2 is 1.78 bits per heavy atom. The Morgan fingerprint density at radius 1 is 1.05 bits per heavy atom. The molecule has 2 aromatic carbocycles. The number of hydrogen-bond donors (Lipinski definition) is 3. The number of aromatic hydroxyl groups is 1. The van der Waals surface area contributed by atoms with Crippen molar-refractivity contribution < 1.29 is 38.9 Å². The van der Waals surface area contributed by atoms with E-state index >= 15 is 0 Å². The van der Waals surface area contributed by atoms with Crippen LogP contribution in [0.5, 0.6) is 11.5 Å². The largest absolute Gasteiger partial charge is 0.507 e. The monoisotopic (exact) mass is 560 g/mol. The molecule has 2 saturated carbocycles. The third-order valence-corrected chi connectivity index (χ3v) is 9.44. The first-order valence-corrected chi connectivity index (χ1v) is 14.0. The van der Waals surface area contributed by atoms with Crippen molar-refractivity contribution in [3.05, 3.63) is 47.0 Å². The molecule has 0 aromatic heterocycles. The highest BCUT2D eigenvalue weighted by Gasteiger charge is 2.66. The van der Waals surface area contributed by atoms with Crippen LogP contribution < -0.4 is 10.5 Å². The second-order valence-corrected chi connectivity index (χ2v) is 11.7. The first-order valence-electron chi connectivity index (χ1n) is 14.0. The van der Waals surface area contributed by atoms with E-state index in [1.807, 2.05) is 18.2 Å². The number of nitrogens with zero attached hydrogens (tertiary/aromatic N) is 1. The van der Waals surface area contributed by atoms with Crippen LogP contribution in [0.3, 0.4) is 0 Å². The quantitative estimate of drug-likeness (QED) is 0.461. The second kappa shape index (κ2) is 9.88. The van der Waals surface area contributed by atoms with Crippen LogP contribution in [0.4, 0.5) is 0 Å². The van der Waals surface area contributed by atoms with E-state index in [9.17, 15) is 34.2 Å². The number of primary amides is 1.